The minimum absolute atomic E-state index is 0.170. The van der Waals surface area contributed by atoms with Crippen LogP contribution in [0.2, 0.25) is 0 Å². The molecule has 0 N–H and O–H groups in total. The lowest BCUT2D eigenvalue weighted by Crippen LogP contribution is -2.11. The second kappa shape index (κ2) is 6.40. The van der Waals surface area contributed by atoms with Gasteiger partial charge in [-0.3, -0.25) is 4.79 Å². The monoisotopic (exact) mass is 334 g/mol. The standard InChI is InChI=1S/C16H15BrOS/c1-11(18)16(12-7-9-13(17)10-8-12)14-5-3-4-6-15(14)19-2/h3-10,16H,1-2H3. The second-order valence-corrected chi connectivity index (χ2v) is 6.10. The summed E-state index contributed by atoms with van der Waals surface area (Å²) in [6, 6.07) is 16.1. The Labute approximate surface area is 126 Å². The van der Waals surface area contributed by atoms with Gasteiger partial charge in [0.25, 0.3) is 0 Å². The van der Waals surface area contributed by atoms with Gasteiger partial charge in [-0.05, 0) is 42.5 Å². The summed E-state index contributed by atoms with van der Waals surface area (Å²) in [5, 5.41) is 0. The van der Waals surface area contributed by atoms with Crippen molar-refractivity contribution in [2.45, 2.75) is 17.7 Å². The Kier molecular flexibility index (Phi) is 4.83. The molecule has 1 unspecified atom stereocenters. The number of carbonyl (C=O) groups is 1. The molecule has 19 heavy (non-hydrogen) atoms. The molecule has 0 aliphatic heterocycles. The average Bonchev–Trinajstić information content (AvgIpc) is 2.41. The quantitative estimate of drug-likeness (QED) is 0.740. The summed E-state index contributed by atoms with van der Waals surface area (Å²) in [5.41, 5.74) is 2.13. The first kappa shape index (κ1) is 14.4. The van der Waals surface area contributed by atoms with E-state index in [4.69, 9.17) is 0 Å². The molecule has 3 heteroatoms. The topological polar surface area (TPSA) is 17.1 Å². The lowest BCUT2D eigenvalue weighted by Gasteiger charge is -2.17. The van der Waals surface area contributed by atoms with Crippen LogP contribution in [0.5, 0.6) is 0 Å². The number of hydrogen-bond donors (Lipinski definition) is 0. The predicted octanol–water partition coefficient (Wildman–Crippen LogP) is 4.89. The third kappa shape index (κ3) is 3.28. The first-order valence-electron chi connectivity index (χ1n) is 6.02. The molecule has 0 saturated heterocycles. The van der Waals surface area contributed by atoms with Crippen molar-refractivity contribution in [3.63, 3.8) is 0 Å². The SMILES string of the molecule is CSc1ccccc1C(C(C)=O)c1ccc(Br)cc1. The fraction of sp³-hybridized carbons (Fsp3) is 0.188. The molecule has 98 valence electrons. The van der Waals surface area contributed by atoms with Crippen molar-refractivity contribution in [2.75, 3.05) is 6.26 Å². The molecule has 0 saturated carbocycles. The van der Waals surface area contributed by atoms with Crippen LogP contribution in [0, 0.1) is 0 Å². The zero-order valence-corrected chi connectivity index (χ0v) is 13.3. The fourth-order valence-electron chi connectivity index (χ4n) is 2.19. The number of benzene rings is 2. The van der Waals surface area contributed by atoms with Gasteiger partial charge in [0.15, 0.2) is 0 Å². The van der Waals surface area contributed by atoms with Crippen LogP contribution in [-0.2, 0) is 4.79 Å². The van der Waals surface area contributed by atoms with Gasteiger partial charge < -0.3 is 0 Å². The largest absolute Gasteiger partial charge is 0.299 e. The molecule has 1 atom stereocenters. The summed E-state index contributed by atoms with van der Waals surface area (Å²) >= 11 is 5.10. The van der Waals surface area contributed by atoms with E-state index in [2.05, 4.69) is 22.0 Å². The van der Waals surface area contributed by atoms with Crippen LogP contribution in [0.4, 0.5) is 0 Å². The summed E-state index contributed by atoms with van der Waals surface area (Å²) in [6.07, 6.45) is 2.04. The number of ketones is 1. The maximum Gasteiger partial charge on any atom is 0.141 e. The Balaban J connectivity index is 2.51. The van der Waals surface area contributed by atoms with Gasteiger partial charge in [-0.15, -0.1) is 11.8 Å². The van der Waals surface area contributed by atoms with Gasteiger partial charge in [-0.2, -0.15) is 0 Å². The highest BCUT2D eigenvalue weighted by atomic mass is 79.9. The van der Waals surface area contributed by atoms with E-state index in [1.54, 1.807) is 18.7 Å². The van der Waals surface area contributed by atoms with Crippen LogP contribution in [0.3, 0.4) is 0 Å². The van der Waals surface area contributed by atoms with E-state index in [1.165, 1.54) is 0 Å². The second-order valence-electron chi connectivity index (χ2n) is 4.34. The third-order valence-electron chi connectivity index (χ3n) is 3.06. The Hall–Kier alpha value is -1.06. The first-order chi connectivity index (χ1) is 9.13. The van der Waals surface area contributed by atoms with Gasteiger partial charge in [0.2, 0.25) is 0 Å². The first-order valence-corrected chi connectivity index (χ1v) is 8.04. The molecule has 2 aromatic carbocycles. The highest BCUT2D eigenvalue weighted by Crippen LogP contribution is 2.33. The van der Waals surface area contributed by atoms with Crippen molar-refractivity contribution >= 4 is 33.5 Å². The normalized spacial score (nSPS) is 12.2. The van der Waals surface area contributed by atoms with Crippen LogP contribution >= 0.6 is 27.7 Å². The van der Waals surface area contributed by atoms with E-state index >= 15 is 0 Å². The van der Waals surface area contributed by atoms with E-state index in [-0.39, 0.29) is 11.7 Å². The molecule has 0 amide bonds. The lowest BCUT2D eigenvalue weighted by molar-refractivity contribution is -0.117. The van der Waals surface area contributed by atoms with E-state index in [1.807, 2.05) is 48.7 Å². The number of halogens is 1. The molecular formula is C16H15BrOS. The van der Waals surface area contributed by atoms with Crippen molar-refractivity contribution < 1.29 is 4.79 Å². The third-order valence-corrected chi connectivity index (χ3v) is 4.40. The van der Waals surface area contributed by atoms with Gasteiger partial charge in [-0.1, -0.05) is 46.3 Å². The van der Waals surface area contributed by atoms with Crippen LogP contribution in [0.15, 0.2) is 57.9 Å². The van der Waals surface area contributed by atoms with Crippen LogP contribution in [0.25, 0.3) is 0 Å². The molecule has 0 bridgehead atoms. The molecular weight excluding hydrogens is 320 g/mol. The van der Waals surface area contributed by atoms with Gasteiger partial charge in [-0.25, -0.2) is 0 Å². The van der Waals surface area contributed by atoms with Crippen molar-refractivity contribution in [1.29, 1.82) is 0 Å². The van der Waals surface area contributed by atoms with E-state index < -0.39 is 0 Å². The number of hydrogen-bond acceptors (Lipinski definition) is 2. The maximum atomic E-state index is 12.1. The molecule has 0 aliphatic carbocycles. The van der Waals surface area contributed by atoms with Crippen molar-refractivity contribution in [3.05, 3.63) is 64.1 Å². The number of thioether (sulfide) groups is 1. The van der Waals surface area contributed by atoms with Crippen molar-refractivity contribution in [3.8, 4) is 0 Å². The summed E-state index contributed by atoms with van der Waals surface area (Å²) in [6.45, 7) is 1.66. The zero-order valence-electron chi connectivity index (χ0n) is 10.9. The fourth-order valence-corrected chi connectivity index (χ4v) is 3.09. The molecule has 0 heterocycles. The van der Waals surface area contributed by atoms with Gasteiger partial charge in [0.05, 0.1) is 5.92 Å². The Bertz CT molecular complexity index is 578. The molecule has 0 radical (unpaired) electrons. The van der Waals surface area contributed by atoms with Gasteiger partial charge in [0.1, 0.15) is 5.78 Å². The van der Waals surface area contributed by atoms with Crippen molar-refractivity contribution in [2.24, 2.45) is 0 Å². The number of Topliss-reactive ketones (excluding diaryl/α,β-unsaturated/α-hetero) is 1. The molecule has 0 aliphatic rings. The average molecular weight is 335 g/mol. The Morgan fingerprint density at radius 1 is 1.11 bits per heavy atom. The molecule has 0 fully saturated rings. The molecule has 0 spiro atoms. The number of carbonyl (C=O) groups excluding carboxylic acids is 1. The zero-order chi connectivity index (χ0) is 13.8. The minimum Gasteiger partial charge on any atom is -0.299 e. The summed E-state index contributed by atoms with van der Waals surface area (Å²) in [5.74, 6) is -0.0134. The van der Waals surface area contributed by atoms with Crippen LogP contribution in [-0.4, -0.2) is 12.0 Å². The Morgan fingerprint density at radius 3 is 2.32 bits per heavy atom. The van der Waals surface area contributed by atoms with E-state index in [0.29, 0.717) is 0 Å². The highest BCUT2D eigenvalue weighted by molar-refractivity contribution is 9.10. The van der Waals surface area contributed by atoms with Crippen LogP contribution < -0.4 is 0 Å². The summed E-state index contributed by atoms with van der Waals surface area (Å²) < 4.78 is 1.02. The smallest absolute Gasteiger partial charge is 0.141 e. The van der Waals surface area contributed by atoms with Gasteiger partial charge in [0, 0.05) is 9.37 Å². The minimum atomic E-state index is -0.184. The predicted molar refractivity (Wildman–Crippen MR) is 84.9 cm³/mol. The summed E-state index contributed by atoms with van der Waals surface area (Å²) in [7, 11) is 0. The molecule has 2 rings (SSSR count). The summed E-state index contributed by atoms with van der Waals surface area (Å²) in [4.78, 5) is 13.2. The molecule has 1 nitrogen and oxygen atoms in total. The molecule has 0 aromatic heterocycles. The number of rotatable bonds is 4. The van der Waals surface area contributed by atoms with Crippen molar-refractivity contribution in [1.82, 2.24) is 0 Å². The van der Waals surface area contributed by atoms with Gasteiger partial charge >= 0.3 is 0 Å². The van der Waals surface area contributed by atoms with E-state index in [0.717, 1.165) is 20.5 Å². The van der Waals surface area contributed by atoms with E-state index in [9.17, 15) is 4.79 Å². The highest BCUT2D eigenvalue weighted by Gasteiger charge is 2.21. The molecule has 2 aromatic rings. The Morgan fingerprint density at radius 2 is 1.74 bits per heavy atom. The lowest BCUT2D eigenvalue weighted by atomic mass is 9.88. The van der Waals surface area contributed by atoms with Crippen LogP contribution in [0.1, 0.15) is 24.0 Å². The maximum absolute atomic E-state index is 12.1.